The molecule has 0 unspecified atom stereocenters. The molecule has 3 heterocycles. The van der Waals surface area contributed by atoms with Crippen molar-refractivity contribution in [2.75, 3.05) is 22.9 Å². The third kappa shape index (κ3) is 4.23. The van der Waals surface area contributed by atoms with Crippen LogP contribution in [0, 0.1) is 11.8 Å². The highest BCUT2D eigenvalue weighted by Crippen LogP contribution is 2.31. The SMILES string of the molecule is CC(C)[C@H]1CN(c2ccccc2)C(c2cccnc2C2=N[C@@H](C(C)C)CN2c2ccccc2)=N1. The Balaban J connectivity index is 1.62. The van der Waals surface area contributed by atoms with Crippen molar-refractivity contribution < 1.29 is 0 Å². The van der Waals surface area contributed by atoms with Crippen LogP contribution >= 0.6 is 0 Å². The molecule has 5 heteroatoms. The fraction of sp³-hybridized carbons (Fsp3) is 0.345. The number of hydrogen-bond acceptors (Lipinski definition) is 5. The number of aromatic nitrogens is 1. The summed E-state index contributed by atoms with van der Waals surface area (Å²) in [6.07, 6.45) is 1.87. The first-order valence-corrected chi connectivity index (χ1v) is 12.3. The van der Waals surface area contributed by atoms with Gasteiger partial charge in [0.2, 0.25) is 0 Å². The maximum absolute atomic E-state index is 5.23. The van der Waals surface area contributed by atoms with E-state index in [1.807, 2.05) is 12.3 Å². The Bertz CT molecular complexity index is 1090. The predicted octanol–water partition coefficient (Wildman–Crippen LogP) is 5.66. The molecular weight excluding hydrogens is 418 g/mol. The summed E-state index contributed by atoms with van der Waals surface area (Å²) in [7, 11) is 0. The van der Waals surface area contributed by atoms with Gasteiger partial charge in [-0.15, -0.1) is 0 Å². The lowest BCUT2D eigenvalue weighted by atomic mass is 10.1. The van der Waals surface area contributed by atoms with Gasteiger partial charge in [-0.3, -0.25) is 15.0 Å². The third-order valence-corrected chi connectivity index (χ3v) is 6.76. The van der Waals surface area contributed by atoms with Crippen molar-refractivity contribution in [3.05, 3.63) is 90.3 Å². The lowest BCUT2D eigenvalue weighted by molar-refractivity contribution is 0.521. The van der Waals surface area contributed by atoms with Crippen molar-refractivity contribution in [2.45, 2.75) is 39.8 Å². The van der Waals surface area contributed by atoms with Gasteiger partial charge in [0.25, 0.3) is 0 Å². The van der Waals surface area contributed by atoms with Gasteiger partial charge in [0.05, 0.1) is 12.1 Å². The summed E-state index contributed by atoms with van der Waals surface area (Å²) in [5.41, 5.74) is 4.25. The van der Waals surface area contributed by atoms with E-state index in [4.69, 9.17) is 15.0 Å². The van der Waals surface area contributed by atoms with E-state index >= 15 is 0 Å². The number of anilines is 2. The summed E-state index contributed by atoms with van der Waals surface area (Å²) >= 11 is 0. The van der Waals surface area contributed by atoms with E-state index < -0.39 is 0 Å². The van der Waals surface area contributed by atoms with E-state index in [1.54, 1.807) is 0 Å². The molecule has 0 fully saturated rings. The minimum atomic E-state index is 0.226. The minimum absolute atomic E-state index is 0.226. The van der Waals surface area contributed by atoms with E-state index in [0.29, 0.717) is 11.8 Å². The van der Waals surface area contributed by atoms with Crippen LogP contribution in [0.5, 0.6) is 0 Å². The molecule has 2 aliphatic heterocycles. The molecule has 0 radical (unpaired) electrons. The van der Waals surface area contributed by atoms with Gasteiger partial charge in [-0.2, -0.15) is 0 Å². The molecule has 2 aromatic carbocycles. The molecule has 0 N–H and O–H groups in total. The number of benzene rings is 2. The summed E-state index contributed by atoms with van der Waals surface area (Å²) in [5.74, 6) is 2.82. The van der Waals surface area contributed by atoms with Crippen molar-refractivity contribution in [1.82, 2.24) is 4.98 Å². The smallest absolute Gasteiger partial charge is 0.155 e. The summed E-state index contributed by atoms with van der Waals surface area (Å²) in [6.45, 7) is 10.7. The second-order valence-electron chi connectivity index (χ2n) is 9.82. The average Bonchev–Trinajstić information content (AvgIpc) is 3.51. The maximum atomic E-state index is 5.23. The average molecular weight is 452 g/mol. The number of hydrogen-bond donors (Lipinski definition) is 0. The van der Waals surface area contributed by atoms with Crippen LogP contribution in [-0.4, -0.2) is 41.8 Å². The molecule has 3 aromatic rings. The van der Waals surface area contributed by atoms with Crippen LogP contribution in [-0.2, 0) is 0 Å². The molecule has 0 saturated carbocycles. The van der Waals surface area contributed by atoms with Gasteiger partial charge in [0.15, 0.2) is 5.84 Å². The Morgan fingerprint density at radius 1 is 0.647 bits per heavy atom. The second kappa shape index (κ2) is 9.41. The summed E-state index contributed by atoms with van der Waals surface area (Å²) in [6, 6.07) is 25.7. The number of nitrogens with zero attached hydrogens (tertiary/aromatic N) is 5. The van der Waals surface area contributed by atoms with E-state index in [9.17, 15) is 0 Å². The lowest BCUT2D eigenvalue weighted by Crippen LogP contribution is -2.35. The first-order valence-electron chi connectivity index (χ1n) is 12.3. The monoisotopic (exact) mass is 451 g/mol. The standard InChI is InChI=1S/C29H33N5/c1-20(2)25-18-33(22-12-7-5-8-13-22)28(31-25)24-16-11-17-30-27(24)29-32-26(21(3)4)19-34(29)23-14-9-6-10-15-23/h5-17,20-21,25-26H,18-19H2,1-4H3/t25-,26-/m1/s1. The van der Waals surface area contributed by atoms with Crippen LogP contribution in [0.15, 0.2) is 89.0 Å². The fourth-order valence-electron chi connectivity index (χ4n) is 4.64. The Morgan fingerprint density at radius 2 is 1.15 bits per heavy atom. The molecule has 1 aromatic heterocycles. The van der Waals surface area contributed by atoms with E-state index in [2.05, 4.69) is 104 Å². The molecule has 0 spiro atoms. The van der Waals surface area contributed by atoms with Crippen LogP contribution in [0.4, 0.5) is 11.4 Å². The zero-order valence-electron chi connectivity index (χ0n) is 20.5. The minimum Gasteiger partial charge on any atom is -0.324 e. The molecule has 2 aliphatic rings. The predicted molar refractivity (Wildman–Crippen MR) is 142 cm³/mol. The van der Waals surface area contributed by atoms with Crippen molar-refractivity contribution in [1.29, 1.82) is 0 Å². The van der Waals surface area contributed by atoms with E-state index in [1.165, 1.54) is 0 Å². The van der Waals surface area contributed by atoms with Crippen molar-refractivity contribution >= 4 is 23.0 Å². The van der Waals surface area contributed by atoms with Gasteiger partial charge in [0, 0.05) is 36.2 Å². The summed E-state index contributed by atoms with van der Waals surface area (Å²) in [5, 5.41) is 0. The highest BCUT2D eigenvalue weighted by Gasteiger charge is 2.35. The molecule has 0 bridgehead atoms. The quantitative estimate of drug-likeness (QED) is 0.485. The summed E-state index contributed by atoms with van der Waals surface area (Å²) < 4.78 is 0. The number of rotatable bonds is 6. The Morgan fingerprint density at radius 3 is 1.68 bits per heavy atom. The van der Waals surface area contributed by atoms with Crippen molar-refractivity contribution in [2.24, 2.45) is 21.8 Å². The number of aliphatic imine (C=N–C) groups is 2. The highest BCUT2D eigenvalue weighted by molar-refractivity contribution is 6.20. The van der Waals surface area contributed by atoms with Crippen LogP contribution < -0.4 is 9.80 Å². The largest absolute Gasteiger partial charge is 0.324 e. The Hall–Kier alpha value is -3.47. The lowest BCUT2D eigenvalue weighted by Gasteiger charge is -2.25. The van der Waals surface area contributed by atoms with Gasteiger partial charge >= 0.3 is 0 Å². The molecule has 5 nitrogen and oxygen atoms in total. The fourth-order valence-corrected chi connectivity index (χ4v) is 4.64. The molecular formula is C29H33N5. The molecule has 0 amide bonds. The first-order chi connectivity index (χ1) is 16.5. The van der Waals surface area contributed by atoms with E-state index in [-0.39, 0.29) is 12.1 Å². The topological polar surface area (TPSA) is 44.1 Å². The van der Waals surface area contributed by atoms with E-state index in [0.717, 1.165) is 47.4 Å². The number of para-hydroxylation sites is 2. The van der Waals surface area contributed by atoms with Crippen LogP contribution in [0.2, 0.25) is 0 Å². The number of pyridine rings is 1. The van der Waals surface area contributed by atoms with Gasteiger partial charge in [-0.25, -0.2) is 0 Å². The highest BCUT2D eigenvalue weighted by atomic mass is 15.3. The van der Waals surface area contributed by atoms with Crippen LogP contribution in [0.25, 0.3) is 0 Å². The number of amidine groups is 2. The molecule has 174 valence electrons. The molecule has 2 atom stereocenters. The molecule has 0 aliphatic carbocycles. The zero-order valence-corrected chi connectivity index (χ0v) is 20.5. The molecule has 0 saturated heterocycles. The van der Waals surface area contributed by atoms with Gasteiger partial charge in [-0.1, -0.05) is 64.1 Å². The molecule has 5 rings (SSSR count). The van der Waals surface area contributed by atoms with Crippen LogP contribution in [0.1, 0.15) is 39.0 Å². The normalized spacial score (nSPS) is 20.3. The van der Waals surface area contributed by atoms with Gasteiger partial charge in [-0.05, 0) is 48.2 Å². The maximum Gasteiger partial charge on any atom is 0.155 e. The van der Waals surface area contributed by atoms with Gasteiger partial charge in [0.1, 0.15) is 11.5 Å². The van der Waals surface area contributed by atoms with Crippen LogP contribution in [0.3, 0.4) is 0 Å². The van der Waals surface area contributed by atoms with Crippen molar-refractivity contribution in [3.63, 3.8) is 0 Å². The van der Waals surface area contributed by atoms with Crippen molar-refractivity contribution in [3.8, 4) is 0 Å². The summed E-state index contributed by atoms with van der Waals surface area (Å²) in [4.78, 5) is 20.0. The van der Waals surface area contributed by atoms with Gasteiger partial charge < -0.3 is 9.80 Å². The first kappa shape index (κ1) is 22.3. The Labute approximate surface area is 202 Å². The second-order valence-corrected chi connectivity index (χ2v) is 9.82. The molecule has 34 heavy (non-hydrogen) atoms. The Kier molecular flexibility index (Phi) is 6.18. The zero-order chi connectivity index (χ0) is 23.7. The third-order valence-electron chi connectivity index (χ3n) is 6.76.